The van der Waals surface area contributed by atoms with Crippen LogP contribution in [-0.2, 0) is 13.6 Å². The van der Waals surface area contributed by atoms with Crippen molar-refractivity contribution in [1.82, 2.24) is 15.1 Å². The second kappa shape index (κ2) is 4.18. The second-order valence-electron chi connectivity index (χ2n) is 4.92. The monoisotopic (exact) mass is 223 g/mol. The van der Waals surface area contributed by atoms with Crippen LogP contribution in [0.25, 0.3) is 0 Å². The summed E-state index contributed by atoms with van der Waals surface area (Å²) in [7, 11) is 1.97. The third kappa shape index (κ3) is 1.87. The summed E-state index contributed by atoms with van der Waals surface area (Å²) >= 11 is 0. The van der Waals surface area contributed by atoms with E-state index in [-0.39, 0.29) is 12.1 Å². The third-order valence-electron chi connectivity index (χ3n) is 3.91. The van der Waals surface area contributed by atoms with E-state index >= 15 is 0 Å². The van der Waals surface area contributed by atoms with Gasteiger partial charge in [-0.05, 0) is 33.1 Å². The molecule has 0 unspecified atom stereocenters. The van der Waals surface area contributed by atoms with Gasteiger partial charge in [0.05, 0.1) is 12.3 Å². The minimum atomic E-state index is -0.0191. The molecule has 1 aromatic heterocycles. The van der Waals surface area contributed by atoms with Crippen LogP contribution in [0.3, 0.4) is 0 Å². The van der Waals surface area contributed by atoms with E-state index < -0.39 is 0 Å². The van der Waals surface area contributed by atoms with Gasteiger partial charge in [0.1, 0.15) is 0 Å². The predicted molar refractivity (Wildman–Crippen MR) is 63.2 cm³/mol. The number of aliphatic hydroxyl groups is 1. The van der Waals surface area contributed by atoms with Gasteiger partial charge in [0.15, 0.2) is 0 Å². The maximum absolute atomic E-state index is 9.38. The van der Waals surface area contributed by atoms with Crippen molar-refractivity contribution >= 4 is 0 Å². The standard InChI is InChI=1S/C12H21N3O/c1-9-11(10(2)15(3)14-9)7-13-12(8-16)5-4-6-12/h13,16H,4-8H2,1-3H3. The molecule has 0 aliphatic heterocycles. The van der Waals surface area contributed by atoms with E-state index in [1.165, 1.54) is 17.7 Å². The highest BCUT2D eigenvalue weighted by atomic mass is 16.3. The van der Waals surface area contributed by atoms with E-state index in [1.54, 1.807) is 0 Å². The molecular formula is C12H21N3O. The first kappa shape index (κ1) is 11.6. The predicted octanol–water partition coefficient (Wildman–Crippen LogP) is 1.04. The van der Waals surface area contributed by atoms with Crippen molar-refractivity contribution in [3.63, 3.8) is 0 Å². The molecule has 1 fully saturated rings. The Bertz CT molecular complexity index is 374. The van der Waals surface area contributed by atoms with Gasteiger partial charge in [-0.1, -0.05) is 0 Å². The molecule has 0 aromatic carbocycles. The van der Waals surface area contributed by atoms with E-state index in [2.05, 4.69) is 17.3 Å². The van der Waals surface area contributed by atoms with Gasteiger partial charge in [0, 0.05) is 30.4 Å². The first-order valence-corrected chi connectivity index (χ1v) is 5.93. The first-order chi connectivity index (χ1) is 7.58. The quantitative estimate of drug-likeness (QED) is 0.802. The Morgan fingerprint density at radius 2 is 2.12 bits per heavy atom. The number of nitrogens with one attached hydrogen (secondary N) is 1. The van der Waals surface area contributed by atoms with Crippen LogP contribution in [0.4, 0.5) is 0 Å². The Hall–Kier alpha value is -0.870. The highest BCUT2D eigenvalue weighted by molar-refractivity contribution is 5.24. The summed E-state index contributed by atoms with van der Waals surface area (Å²) in [5.41, 5.74) is 3.54. The zero-order valence-electron chi connectivity index (χ0n) is 10.4. The molecular weight excluding hydrogens is 202 g/mol. The average Bonchev–Trinajstić information content (AvgIpc) is 2.43. The Kier molecular flexibility index (Phi) is 3.04. The molecule has 4 nitrogen and oxygen atoms in total. The van der Waals surface area contributed by atoms with Gasteiger partial charge in [-0.3, -0.25) is 4.68 Å². The van der Waals surface area contributed by atoms with Gasteiger partial charge in [0.25, 0.3) is 0 Å². The molecule has 90 valence electrons. The van der Waals surface area contributed by atoms with E-state index in [0.29, 0.717) is 0 Å². The van der Waals surface area contributed by atoms with Gasteiger partial charge in [-0.15, -0.1) is 0 Å². The molecule has 2 N–H and O–H groups in total. The fourth-order valence-electron chi connectivity index (χ4n) is 2.34. The maximum Gasteiger partial charge on any atom is 0.0641 e. The highest BCUT2D eigenvalue weighted by Gasteiger charge is 2.35. The maximum atomic E-state index is 9.38. The lowest BCUT2D eigenvalue weighted by Crippen LogP contribution is -2.53. The summed E-state index contributed by atoms with van der Waals surface area (Å²) in [6.45, 7) is 5.18. The summed E-state index contributed by atoms with van der Waals surface area (Å²) in [5, 5.41) is 17.3. The van der Waals surface area contributed by atoms with Crippen molar-refractivity contribution < 1.29 is 5.11 Å². The Labute approximate surface area is 96.7 Å². The minimum Gasteiger partial charge on any atom is -0.394 e. The number of aromatic nitrogens is 2. The summed E-state index contributed by atoms with van der Waals surface area (Å²) < 4.78 is 1.92. The molecule has 1 saturated carbocycles. The molecule has 1 aliphatic carbocycles. The lowest BCUT2D eigenvalue weighted by molar-refractivity contribution is 0.0871. The highest BCUT2D eigenvalue weighted by Crippen LogP contribution is 2.31. The van der Waals surface area contributed by atoms with Crippen molar-refractivity contribution in [2.75, 3.05) is 6.61 Å². The SMILES string of the molecule is Cc1nn(C)c(C)c1CNC1(CO)CCC1. The second-order valence-corrected chi connectivity index (χ2v) is 4.92. The van der Waals surface area contributed by atoms with Gasteiger partial charge >= 0.3 is 0 Å². The summed E-state index contributed by atoms with van der Waals surface area (Å²) in [4.78, 5) is 0. The van der Waals surface area contributed by atoms with Crippen LogP contribution in [0.2, 0.25) is 0 Å². The van der Waals surface area contributed by atoms with Crippen LogP contribution in [-0.4, -0.2) is 27.0 Å². The fourth-order valence-corrected chi connectivity index (χ4v) is 2.34. The molecule has 1 heterocycles. The smallest absolute Gasteiger partial charge is 0.0641 e. The number of hydrogen-bond donors (Lipinski definition) is 2. The van der Waals surface area contributed by atoms with E-state index in [0.717, 1.165) is 25.1 Å². The molecule has 2 rings (SSSR count). The minimum absolute atomic E-state index is 0.0191. The van der Waals surface area contributed by atoms with Crippen LogP contribution in [0.15, 0.2) is 0 Å². The van der Waals surface area contributed by atoms with E-state index in [1.807, 2.05) is 18.7 Å². The Balaban J connectivity index is 2.04. The van der Waals surface area contributed by atoms with Crippen LogP contribution in [0.1, 0.15) is 36.2 Å². The fraction of sp³-hybridized carbons (Fsp3) is 0.750. The van der Waals surface area contributed by atoms with Gasteiger partial charge in [-0.25, -0.2) is 0 Å². The van der Waals surface area contributed by atoms with E-state index in [4.69, 9.17) is 0 Å². The van der Waals surface area contributed by atoms with Gasteiger partial charge in [-0.2, -0.15) is 5.10 Å². The summed E-state index contributed by atoms with van der Waals surface area (Å²) in [6, 6.07) is 0. The topological polar surface area (TPSA) is 50.1 Å². The van der Waals surface area contributed by atoms with Crippen LogP contribution in [0.5, 0.6) is 0 Å². The molecule has 16 heavy (non-hydrogen) atoms. The van der Waals surface area contributed by atoms with Crippen LogP contribution >= 0.6 is 0 Å². The Morgan fingerprint density at radius 3 is 2.50 bits per heavy atom. The largest absolute Gasteiger partial charge is 0.394 e. The zero-order valence-corrected chi connectivity index (χ0v) is 10.4. The molecule has 1 aliphatic rings. The first-order valence-electron chi connectivity index (χ1n) is 5.93. The molecule has 0 spiro atoms. The van der Waals surface area contributed by atoms with Crippen molar-refractivity contribution in [3.8, 4) is 0 Å². The normalized spacial score (nSPS) is 18.5. The summed E-state index contributed by atoms with van der Waals surface area (Å²) in [5.74, 6) is 0. The third-order valence-corrected chi connectivity index (χ3v) is 3.91. The van der Waals surface area contributed by atoms with Gasteiger partial charge < -0.3 is 10.4 Å². The molecule has 0 saturated heterocycles. The van der Waals surface area contributed by atoms with Crippen LogP contribution < -0.4 is 5.32 Å². The molecule has 0 amide bonds. The lowest BCUT2D eigenvalue weighted by atomic mass is 9.77. The molecule has 0 atom stereocenters. The van der Waals surface area contributed by atoms with Crippen molar-refractivity contribution in [3.05, 3.63) is 17.0 Å². The molecule has 4 heteroatoms. The summed E-state index contributed by atoms with van der Waals surface area (Å²) in [6.07, 6.45) is 3.39. The van der Waals surface area contributed by atoms with Gasteiger partial charge in [0.2, 0.25) is 0 Å². The zero-order chi connectivity index (χ0) is 11.8. The molecule has 0 bridgehead atoms. The van der Waals surface area contributed by atoms with Crippen molar-refractivity contribution in [1.29, 1.82) is 0 Å². The lowest BCUT2D eigenvalue weighted by Gasteiger charge is -2.41. The number of aliphatic hydroxyl groups excluding tert-OH is 1. The Morgan fingerprint density at radius 1 is 1.44 bits per heavy atom. The van der Waals surface area contributed by atoms with Crippen molar-refractivity contribution in [2.45, 2.75) is 45.2 Å². The molecule has 0 radical (unpaired) electrons. The number of nitrogens with zero attached hydrogens (tertiary/aromatic N) is 2. The van der Waals surface area contributed by atoms with Crippen molar-refractivity contribution in [2.24, 2.45) is 7.05 Å². The number of hydrogen-bond acceptors (Lipinski definition) is 3. The van der Waals surface area contributed by atoms with Crippen LogP contribution in [0, 0.1) is 13.8 Å². The number of aryl methyl sites for hydroxylation is 2. The van der Waals surface area contributed by atoms with E-state index in [9.17, 15) is 5.11 Å². The average molecular weight is 223 g/mol. The molecule has 1 aromatic rings. The number of rotatable bonds is 4.